The number of nitrogens with zero attached hydrogens (tertiary/aromatic N) is 4. The molecule has 0 aliphatic carbocycles. The Bertz CT molecular complexity index is 709. The van der Waals surface area contributed by atoms with Crippen LogP contribution in [0.15, 0.2) is 24.4 Å². The molecule has 6 nitrogen and oxygen atoms in total. The number of aryl methyl sites for hydroxylation is 2. The van der Waals surface area contributed by atoms with E-state index in [4.69, 9.17) is 0 Å². The van der Waals surface area contributed by atoms with E-state index in [0.717, 1.165) is 31.5 Å². The molecule has 0 unspecified atom stereocenters. The molecule has 2 aromatic heterocycles. The minimum Gasteiger partial charge on any atom is -0.357 e. The number of aromatic nitrogens is 3. The lowest BCUT2D eigenvalue weighted by atomic mass is 9.98. The molecule has 1 aliphatic heterocycles. The van der Waals surface area contributed by atoms with Crippen LogP contribution in [-0.2, 0) is 7.05 Å². The highest BCUT2D eigenvalue weighted by Crippen LogP contribution is 2.32. The number of carbonyl (C=O) groups excluding carboxylic acids is 1. The van der Waals surface area contributed by atoms with Gasteiger partial charge in [0.25, 0.3) is 5.91 Å². The first-order chi connectivity index (χ1) is 11.1. The van der Waals surface area contributed by atoms with E-state index >= 15 is 0 Å². The maximum atomic E-state index is 13.0. The van der Waals surface area contributed by atoms with Gasteiger partial charge in [-0.15, -0.1) is 0 Å². The molecule has 3 heterocycles. The van der Waals surface area contributed by atoms with E-state index in [-0.39, 0.29) is 11.9 Å². The molecule has 0 bridgehead atoms. The smallest absolute Gasteiger partial charge is 0.273 e. The third kappa shape index (κ3) is 3.06. The summed E-state index contributed by atoms with van der Waals surface area (Å²) in [5.74, 6) is 0.471. The maximum absolute atomic E-state index is 13.0. The molecule has 1 amide bonds. The fourth-order valence-corrected chi connectivity index (χ4v) is 3.24. The molecule has 0 radical (unpaired) electrons. The number of amides is 1. The van der Waals surface area contributed by atoms with Gasteiger partial charge < -0.3 is 14.8 Å². The molecule has 3 rings (SSSR count). The molecular weight excluding hydrogens is 290 g/mol. The second kappa shape index (κ2) is 6.40. The number of anilines is 1. The standard InChI is InChI=1S/C17H23N5O/c1-12-11-13(20-17(18-2)19-12)16(23)22-10-5-4-7-15(22)14-8-6-9-21(14)3/h6,8-9,11,15H,4-5,7,10H2,1-3H3,(H,18,19,20)/t15-/m0/s1. The van der Waals surface area contributed by atoms with E-state index in [1.165, 1.54) is 5.69 Å². The summed E-state index contributed by atoms with van der Waals surface area (Å²) in [5, 5.41) is 2.92. The highest BCUT2D eigenvalue weighted by atomic mass is 16.2. The predicted molar refractivity (Wildman–Crippen MR) is 89.4 cm³/mol. The maximum Gasteiger partial charge on any atom is 0.273 e. The van der Waals surface area contributed by atoms with Gasteiger partial charge in [-0.25, -0.2) is 9.97 Å². The third-order valence-electron chi connectivity index (χ3n) is 4.39. The van der Waals surface area contributed by atoms with Gasteiger partial charge in [0.05, 0.1) is 6.04 Å². The number of nitrogens with one attached hydrogen (secondary N) is 1. The summed E-state index contributed by atoms with van der Waals surface area (Å²) in [6, 6.07) is 6.01. The molecule has 0 saturated carbocycles. The molecule has 122 valence electrons. The van der Waals surface area contributed by atoms with Crippen LogP contribution in [-0.4, -0.2) is 38.9 Å². The van der Waals surface area contributed by atoms with Crippen LogP contribution < -0.4 is 5.32 Å². The largest absolute Gasteiger partial charge is 0.357 e. The summed E-state index contributed by atoms with van der Waals surface area (Å²) in [4.78, 5) is 23.6. The molecule has 1 saturated heterocycles. The van der Waals surface area contributed by atoms with Crippen molar-refractivity contribution in [2.75, 3.05) is 18.9 Å². The van der Waals surface area contributed by atoms with Crippen LogP contribution in [0.25, 0.3) is 0 Å². The molecule has 1 aliphatic rings. The Morgan fingerprint density at radius 2 is 2.17 bits per heavy atom. The summed E-state index contributed by atoms with van der Waals surface area (Å²) in [5.41, 5.74) is 2.43. The van der Waals surface area contributed by atoms with Gasteiger partial charge in [-0.3, -0.25) is 4.79 Å². The Balaban J connectivity index is 1.93. The molecule has 1 fully saturated rings. The molecule has 1 atom stereocenters. The lowest BCUT2D eigenvalue weighted by Gasteiger charge is -2.36. The van der Waals surface area contributed by atoms with E-state index in [1.54, 1.807) is 13.1 Å². The lowest BCUT2D eigenvalue weighted by Crippen LogP contribution is -2.39. The van der Waals surface area contributed by atoms with Crippen molar-refractivity contribution in [1.82, 2.24) is 19.4 Å². The van der Waals surface area contributed by atoms with Crippen molar-refractivity contribution in [3.05, 3.63) is 41.5 Å². The predicted octanol–water partition coefficient (Wildman–Crippen LogP) is 2.53. The third-order valence-corrected chi connectivity index (χ3v) is 4.39. The highest BCUT2D eigenvalue weighted by Gasteiger charge is 2.30. The Hall–Kier alpha value is -2.37. The Morgan fingerprint density at radius 3 is 2.87 bits per heavy atom. The van der Waals surface area contributed by atoms with E-state index < -0.39 is 0 Å². The minimum absolute atomic E-state index is 0.0158. The van der Waals surface area contributed by atoms with Crippen LogP contribution in [0.4, 0.5) is 5.95 Å². The number of piperidine rings is 1. The van der Waals surface area contributed by atoms with E-state index in [9.17, 15) is 4.79 Å². The average molecular weight is 313 g/mol. The molecule has 23 heavy (non-hydrogen) atoms. The van der Waals surface area contributed by atoms with Crippen LogP contribution in [0.1, 0.15) is 47.2 Å². The summed E-state index contributed by atoms with van der Waals surface area (Å²) in [6.07, 6.45) is 5.20. The number of likely N-dealkylation sites (tertiary alicyclic amines) is 1. The number of rotatable bonds is 3. The van der Waals surface area contributed by atoms with Crippen LogP contribution >= 0.6 is 0 Å². The summed E-state index contributed by atoms with van der Waals surface area (Å²) >= 11 is 0. The monoisotopic (exact) mass is 313 g/mol. The zero-order chi connectivity index (χ0) is 16.4. The van der Waals surface area contributed by atoms with Gasteiger partial charge in [0.1, 0.15) is 5.69 Å². The molecule has 6 heteroatoms. The van der Waals surface area contributed by atoms with E-state index in [1.807, 2.05) is 31.1 Å². The molecule has 2 aromatic rings. The quantitative estimate of drug-likeness (QED) is 0.946. The van der Waals surface area contributed by atoms with Crippen molar-refractivity contribution in [1.29, 1.82) is 0 Å². The van der Waals surface area contributed by atoms with Gasteiger partial charge in [0.15, 0.2) is 0 Å². The van der Waals surface area contributed by atoms with Gasteiger partial charge in [-0.05, 0) is 44.4 Å². The zero-order valence-electron chi connectivity index (χ0n) is 13.9. The van der Waals surface area contributed by atoms with Crippen LogP contribution in [0.2, 0.25) is 0 Å². The van der Waals surface area contributed by atoms with Crippen molar-refractivity contribution in [3.63, 3.8) is 0 Å². The van der Waals surface area contributed by atoms with E-state index in [0.29, 0.717) is 11.6 Å². The average Bonchev–Trinajstić information content (AvgIpc) is 2.99. The first kappa shape index (κ1) is 15.5. The van der Waals surface area contributed by atoms with Crippen LogP contribution in [0.3, 0.4) is 0 Å². The molecule has 0 spiro atoms. The first-order valence-electron chi connectivity index (χ1n) is 8.06. The zero-order valence-corrected chi connectivity index (χ0v) is 13.9. The van der Waals surface area contributed by atoms with Crippen LogP contribution in [0, 0.1) is 6.92 Å². The number of carbonyl (C=O) groups is 1. The Labute approximate surface area is 136 Å². The van der Waals surface area contributed by atoms with Gasteiger partial charge >= 0.3 is 0 Å². The lowest BCUT2D eigenvalue weighted by molar-refractivity contribution is 0.0596. The van der Waals surface area contributed by atoms with Gasteiger partial charge in [-0.2, -0.15) is 0 Å². The SMILES string of the molecule is CNc1nc(C)cc(C(=O)N2CCCC[C@H]2c2cccn2C)n1. The Kier molecular flexibility index (Phi) is 4.32. The molecular formula is C17H23N5O. The second-order valence-electron chi connectivity index (χ2n) is 6.02. The van der Waals surface area contributed by atoms with Gasteiger partial charge in [0, 0.05) is 38.2 Å². The first-order valence-corrected chi connectivity index (χ1v) is 8.06. The molecule has 1 N–H and O–H groups in total. The topological polar surface area (TPSA) is 63.1 Å². The van der Waals surface area contributed by atoms with Gasteiger partial charge in [0.2, 0.25) is 5.95 Å². The Morgan fingerprint density at radius 1 is 1.35 bits per heavy atom. The summed E-state index contributed by atoms with van der Waals surface area (Å²) < 4.78 is 2.10. The minimum atomic E-state index is -0.0158. The van der Waals surface area contributed by atoms with Crippen molar-refractivity contribution in [3.8, 4) is 0 Å². The fraction of sp³-hybridized carbons (Fsp3) is 0.471. The van der Waals surface area contributed by atoms with Gasteiger partial charge in [-0.1, -0.05) is 0 Å². The van der Waals surface area contributed by atoms with Crippen molar-refractivity contribution in [2.24, 2.45) is 7.05 Å². The highest BCUT2D eigenvalue weighted by molar-refractivity contribution is 5.93. The second-order valence-corrected chi connectivity index (χ2v) is 6.02. The summed E-state index contributed by atoms with van der Waals surface area (Å²) in [7, 11) is 3.79. The summed E-state index contributed by atoms with van der Waals surface area (Å²) in [6.45, 7) is 2.65. The van der Waals surface area contributed by atoms with Crippen molar-refractivity contribution >= 4 is 11.9 Å². The number of hydrogen-bond acceptors (Lipinski definition) is 4. The van der Waals surface area contributed by atoms with Crippen LogP contribution in [0.5, 0.6) is 0 Å². The number of hydrogen-bond donors (Lipinski definition) is 1. The fourth-order valence-electron chi connectivity index (χ4n) is 3.24. The van der Waals surface area contributed by atoms with Crippen molar-refractivity contribution < 1.29 is 4.79 Å². The molecule has 0 aromatic carbocycles. The van der Waals surface area contributed by atoms with Crippen molar-refractivity contribution in [2.45, 2.75) is 32.2 Å². The van der Waals surface area contributed by atoms with E-state index in [2.05, 4.69) is 25.9 Å². The normalized spacial score (nSPS) is 18.0.